The van der Waals surface area contributed by atoms with E-state index in [1.54, 1.807) is 23.5 Å². The normalized spacial score (nSPS) is 21.9. The first-order valence-corrected chi connectivity index (χ1v) is 12.9. The van der Waals surface area contributed by atoms with Gasteiger partial charge >= 0.3 is 0 Å². The summed E-state index contributed by atoms with van der Waals surface area (Å²) in [5, 5.41) is 0. The lowest BCUT2D eigenvalue weighted by Gasteiger charge is -2.45. The Morgan fingerprint density at radius 3 is 2.30 bits per heavy atom. The average Bonchev–Trinajstić information content (AvgIpc) is 2.79. The molecule has 5 nitrogen and oxygen atoms in total. The molecule has 1 aliphatic carbocycles. The van der Waals surface area contributed by atoms with Gasteiger partial charge < -0.3 is 4.74 Å². The van der Waals surface area contributed by atoms with Crippen molar-refractivity contribution in [3.63, 3.8) is 0 Å². The molecule has 1 fully saturated rings. The summed E-state index contributed by atoms with van der Waals surface area (Å²) in [7, 11) is -2.01. The Labute approximate surface area is 197 Å². The molecule has 2 aromatic rings. The molecule has 1 heterocycles. The Balaban J connectivity index is 1.65. The number of rotatable bonds is 5. The molecule has 4 rings (SSSR count). The third-order valence-electron chi connectivity index (χ3n) is 7.03. The average molecular weight is 468 g/mol. The highest BCUT2D eigenvalue weighted by Crippen LogP contribution is 2.46. The van der Waals surface area contributed by atoms with Crippen LogP contribution in [-0.2, 0) is 26.7 Å². The minimum absolute atomic E-state index is 0.0396. The van der Waals surface area contributed by atoms with E-state index in [4.69, 9.17) is 4.74 Å². The molecule has 0 bridgehead atoms. The van der Waals surface area contributed by atoms with E-state index in [1.807, 2.05) is 42.5 Å². The summed E-state index contributed by atoms with van der Waals surface area (Å²) in [6.07, 6.45) is 4.25. The van der Waals surface area contributed by atoms with Crippen LogP contribution in [-0.4, -0.2) is 38.7 Å². The molecule has 176 valence electrons. The smallest absolute Gasteiger partial charge is 0.243 e. The highest BCUT2D eigenvalue weighted by atomic mass is 32.2. The maximum atomic E-state index is 13.6. The van der Waals surface area contributed by atoms with E-state index in [2.05, 4.69) is 20.8 Å². The number of methoxy groups -OCH3 is 1. The molecule has 0 saturated heterocycles. The number of carbonyl (C=O) groups excluding carboxylic acids is 1. The standard InChI is InChI=1S/C27H33NO4S/c1-26(2,3)21-7-11-25(12-8-21)33(30,31)28-16-14-22-17-23(29)13-15-27(22,19-28)18-20-5-9-24(32-4)10-6-20/h5-12,14H,13,15-19H2,1-4H3. The van der Waals surface area contributed by atoms with Gasteiger partial charge in [-0.3, -0.25) is 4.79 Å². The van der Waals surface area contributed by atoms with Gasteiger partial charge in [0.2, 0.25) is 10.0 Å². The molecule has 0 amide bonds. The number of sulfonamides is 1. The van der Waals surface area contributed by atoms with Crippen LogP contribution in [0.5, 0.6) is 5.75 Å². The second kappa shape index (κ2) is 8.73. The van der Waals surface area contributed by atoms with Gasteiger partial charge in [0, 0.05) is 31.3 Å². The maximum absolute atomic E-state index is 13.6. The van der Waals surface area contributed by atoms with Crippen molar-refractivity contribution in [3.8, 4) is 5.75 Å². The molecular formula is C27H33NO4S. The van der Waals surface area contributed by atoms with Crippen LogP contribution in [0.25, 0.3) is 0 Å². The van der Waals surface area contributed by atoms with Crippen molar-refractivity contribution < 1.29 is 17.9 Å². The van der Waals surface area contributed by atoms with Gasteiger partial charge in [-0.25, -0.2) is 8.42 Å². The third-order valence-corrected chi connectivity index (χ3v) is 8.86. The van der Waals surface area contributed by atoms with Crippen LogP contribution >= 0.6 is 0 Å². The number of benzene rings is 2. The van der Waals surface area contributed by atoms with Gasteiger partial charge in [0.15, 0.2) is 0 Å². The number of carbonyl (C=O) groups is 1. The highest BCUT2D eigenvalue weighted by Gasteiger charge is 2.45. The van der Waals surface area contributed by atoms with Crippen molar-refractivity contribution in [1.82, 2.24) is 4.31 Å². The first-order valence-electron chi connectivity index (χ1n) is 11.5. The molecule has 1 atom stereocenters. The van der Waals surface area contributed by atoms with Gasteiger partial charge in [0.25, 0.3) is 0 Å². The second-order valence-corrected chi connectivity index (χ2v) is 12.3. The summed E-state index contributed by atoms with van der Waals surface area (Å²) in [5.74, 6) is 1.03. The summed E-state index contributed by atoms with van der Waals surface area (Å²) in [4.78, 5) is 12.5. The van der Waals surface area contributed by atoms with E-state index < -0.39 is 10.0 Å². The summed E-state index contributed by atoms with van der Waals surface area (Å²) in [6, 6.07) is 15.2. The van der Waals surface area contributed by atoms with Gasteiger partial charge in [0.1, 0.15) is 11.5 Å². The van der Waals surface area contributed by atoms with Crippen molar-refractivity contribution >= 4 is 15.8 Å². The number of Topliss-reactive ketones (excluding diaryl/α,β-unsaturated/α-hetero) is 1. The van der Waals surface area contributed by atoms with Crippen molar-refractivity contribution in [2.24, 2.45) is 5.41 Å². The van der Waals surface area contributed by atoms with E-state index in [1.165, 1.54) is 0 Å². The van der Waals surface area contributed by atoms with Crippen molar-refractivity contribution in [2.75, 3.05) is 20.2 Å². The topological polar surface area (TPSA) is 63.7 Å². The van der Waals surface area contributed by atoms with Gasteiger partial charge in [-0.05, 0) is 53.6 Å². The van der Waals surface area contributed by atoms with E-state index in [0.717, 1.165) is 22.4 Å². The molecular weight excluding hydrogens is 434 g/mol. The fourth-order valence-corrected chi connectivity index (χ4v) is 6.43. The van der Waals surface area contributed by atoms with E-state index in [9.17, 15) is 13.2 Å². The van der Waals surface area contributed by atoms with Crippen LogP contribution in [0.3, 0.4) is 0 Å². The third kappa shape index (κ3) is 4.78. The van der Waals surface area contributed by atoms with Crippen LogP contribution in [0.15, 0.2) is 65.1 Å². The largest absolute Gasteiger partial charge is 0.497 e. The predicted molar refractivity (Wildman–Crippen MR) is 130 cm³/mol. The Kier molecular flexibility index (Phi) is 6.27. The lowest BCUT2D eigenvalue weighted by molar-refractivity contribution is -0.120. The maximum Gasteiger partial charge on any atom is 0.243 e. The first-order chi connectivity index (χ1) is 15.5. The fraction of sp³-hybridized carbons (Fsp3) is 0.444. The first kappa shape index (κ1) is 23.7. The van der Waals surface area contributed by atoms with Crippen molar-refractivity contribution in [3.05, 3.63) is 71.3 Å². The quantitative estimate of drug-likeness (QED) is 0.587. The second-order valence-electron chi connectivity index (χ2n) is 10.3. The van der Waals surface area contributed by atoms with Crippen LogP contribution in [0.1, 0.15) is 51.2 Å². The Hall–Kier alpha value is -2.44. The van der Waals surface area contributed by atoms with Crippen LogP contribution in [0.4, 0.5) is 0 Å². The Morgan fingerprint density at radius 1 is 1.03 bits per heavy atom. The zero-order chi connectivity index (χ0) is 23.9. The zero-order valence-electron chi connectivity index (χ0n) is 19.9. The molecule has 1 unspecified atom stereocenters. The van der Waals surface area contributed by atoms with E-state index >= 15 is 0 Å². The minimum atomic E-state index is -3.65. The molecule has 0 N–H and O–H groups in total. The van der Waals surface area contributed by atoms with Crippen molar-refractivity contribution in [1.29, 1.82) is 0 Å². The Bertz CT molecular complexity index is 1160. The summed E-state index contributed by atoms with van der Waals surface area (Å²) in [6.45, 7) is 7.03. The summed E-state index contributed by atoms with van der Waals surface area (Å²) >= 11 is 0. The number of hydrogen-bond acceptors (Lipinski definition) is 4. The molecule has 33 heavy (non-hydrogen) atoms. The number of fused-ring (bicyclic) bond motifs is 1. The molecule has 1 saturated carbocycles. The number of ketones is 1. The van der Waals surface area contributed by atoms with Crippen LogP contribution in [0, 0.1) is 5.41 Å². The molecule has 0 radical (unpaired) electrons. The highest BCUT2D eigenvalue weighted by molar-refractivity contribution is 7.89. The van der Waals surface area contributed by atoms with Crippen LogP contribution in [0.2, 0.25) is 0 Å². The summed E-state index contributed by atoms with van der Waals surface area (Å²) in [5.41, 5.74) is 2.90. The molecule has 1 aliphatic heterocycles. The number of nitrogens with zero attached hydrogens (tertiary/aromatic N) is 1. The molecule has 2 aliphatic rings. The molecule has 2 aromatic carbocycles. The van der Waals surface area contributed by atoms with Crippen molar-refractivity contribution in [2.45, 2.75) is 56.8 Å². The SMILES string of the molecule is COc1ccc(CC23CCC(=O)CC2=CCN(S(=O)(=O)c2ccc(C(C)(C)C)cc2)C3)cc1. The van der Waals surface area contributed by atoms with E-state index in [0.29, 0.717) is 43.7 Å². The van der Waals surface area contributed by atoms with Gasteiger partial charge in [-0.15, -0.1) is 0 Å². The predicted octanol–water partition coefficient (Wildman–Crippen LogP) is 4.91. The van der Waals surface area contributed by atoms with Gasteiger partial charge in [-0.1, -0.05) is 56.7 Å². The fourth-order valence-electron chi connectivity index (χ4n) is 4.96. The number of hydrogen-bond donors (Lipinski definition) is 0. The van der Waals surface area contributed by atoms with E-state index in [-0.39, 0.29) is 16.6 Å². The number of ether oxygens (including phenoxy) is 1. The van der Waals surface area contributed by atoms with Crippen LogP contribution < -0.4 is 4.74 Å². The zero-order valence-corrected chi connectivity index (χ0v) is 20.7. The molecule has 0 aromatic heterocycles. The summed E-state index contributed by atoms with van der Waals surface area (Å²) < 4.78 is 34.0. The molecule has 6 heteroatoms. The molecule has 0 spiro atoms. The van der Waals surface area contributed by atoms with Gasteiger partial charge in [-0.2, -0.15) is 4.31 Å². The monoisotopic (exact) mass is 467 g/mol. The lowest BCUT2D eigenvalue weighted by atomic mass is 9.65. The van der Waals surface area contributed by atoms with Gasteiger partial charge in [0.05, 0.1) is 12.0 Å². The lowest BCUT2D eigenvalue weighted by Crippen LogP contribution is -2.49. The minimum Gasteiger partial charge on any atom is -0.497 e. The Morgan fingerprint density at radius 2 is 1.70 bits per heavy atom.